The van der Waals surface area contributed by atoms with Gasteiger partial charge < -0.3 is 5.11 Å². The fraction of sp³-hybridized carbons (Fsp3) is 0.200. The van der Waals surface area contributed by atoms with Crippen LogP contribution >= 0.6 is 0 Å². The second-order valence-electron chi connectivity index (χ2n) is 6.60. The number of rotatable bonds is 3. The van der Waals surface area contributed by atoms with Gasteiger partial charge in [0.2, 0.25) is 0 Å². The Labute approximate surface area is 154 Å². The first-order valence-corrected chi connectivity index (χ1v) is 8.52. The highest BCUT2D eigenvalue weighted by molar-refractivity contribution is 6.23. The lowest BCUT2D eigenvalue weighted by Gasteiger charge is -2.29. The van der Waals surface area contributed by atoms with E-state index < -0.39 is 35.8 Å². The highest BCUT2D eigenvalue weighted by Crippen LogP contribution is 2.34. The van der Waals surface area contributed by atoms with Crippen molar-refractivity contribution < 1.29 is 24.3 Å². The van der Waals surface area contributed by atoms with Crippen molar-refractivity contribution in [1.29, 1.82) is 0 Å². The molecule has 0 aromatic heterocycles. The molecule has 0 bridgehead atoms. The number of carbonyl (C=O) groups is 4. The molecule has 2 aromatic rings. The van der Waals surface area contributed by atoms with Crippen molar-refractivity contribution in [3.05, 3.63) is 65.2 Å². The summed E-state index contributed by atoms with van der Waals surface area (Å²) >= 11 is 0. The molecule has 27 heavy (non-hydrogen) atoms. The second kappa shape index (κ2) is 6.05. The largest absolute Gasteiger partial charge is 0.480 e. The van der Waals surface area contributed by atoms with Gasteiger partial charge in [0.15, 0.2) is 0 Å². The van der Waals surface area contributed by atoms with E-state index in [1.807, 2.05) is 0 Å². The number of para-hydroxylation sites is 1. The quantitative estimate of drug-likeness (QED) is 0.837. The topological polar surface area (TPSA) is 95.0 Å². The monoisotopic (exact) mass is 364 g/mol. The van der Waals surface area contributed by atoms with Crippen LogP contribution in [0.15, 0.2) is 48.5 Å². The Balaban J connectivity index is 1.69. The number of carboxylic acids is 1. The van der Waals surface area contributed by atoms with Crippen LogP contribution in [0.3, 0.4) is 0 Å². The van der Waals surface area contributed by atoms with Crippen LogP contribution in [0.1, 0.15) is 33.2 Å². The third-order valence-corrected chi connectivity index (χ3v) is 5.07. The summed E-state index contributed by atoms with van der Waals surface area (Å²) in [4.78, 5) is 52.3. The summed E-state index contributed by atoms with van der Waals surface area (Å²) in [5.41, 5.74) is 1.74. The molecule has 1 N–H and O–H groups in total. The predicted octanol–water partition coefficient (Wildman–Crippen LogP) is 1.71. The minimum atomic E-state index is -1.13. The van der Waals surface area contributed by atoms with Gasteiger partial charge in [0.05, 0.1) is 11.1 Å². The number of nitrogens with zero attached hydrogens (tertiary/aromatic N) is 2. The van der Waals surface area contributed by atoms with Gasteiger partial charge in [-0.15, -0.1) is 0 Å². The molecule has 7 heteroatoms. The molecule has 2 atom stereocenters. The first-order valence-electron chi connectivity index (χ1n) is 8.52. The fourth-order valence-corrected chi connectivity index (χ4v) is 3.73. The van der Waals surface area contributed by atoms with Gasteiger partial charge in [-0.05, 0) is 30.7 Å². The molecule has 0 fully saturated rings. The summed E-state index contributed by atoms with van der Waals surface area (Å²) in [6.45, 7) is 1.45. The number of carboxylic acid groups (broad SMARTS) is 1. The van der Waals surface area contributed by atoms with Gasteiger partial charge in [-0.1, -0.05) is 30.3 Å². The third kappa shape index (κ3) is 2.43. The average molecular weight is 364 g/mol. The molecule has 2 heterocycles. The fourth-order valence-electron chi connectivity index (χ4n) is 3.73. The summed E-state index contributed by atoms with van der Waals surface area (Å²) < 4.78 is 0. The summed E-state index contributed by atoms with van der Waals surface area (Å²) in [5, 5.41) is 9.56. The summed E-state index contributed by atoms with van der Waals surface area (Å²) in [6.07, 6.45) is 0.187. The number of fused-ring (bicyclic) bond motifs is 2. The molecule has 0 saturated heterocycles. The highest BCUT2D eigenvalue weighted by atomic mass is 16.4. The number of aliphatic carboxylic acids is 1. The first-order chi connectivity index (χ1) is 12.9. The number of benzene rings is 2. The van der Waals surface area contributed by atoms with Gasteiger partial charge >= 0.3 is 5.97 Å². The zero-order valence-electron chi connectivity index (χ0n) is 14.5. The predicted molar refractivity (Wildman–Crippen MR) is 95.5 cm³/mol. The van der Waals surface area contributed by atoms with Crippen molar-refractivity contribution in [2.75, 3.05) is 4.90 Å². The lowest BCUT2D eigenvalue weighted by molar-refractivity contribution is -0.140. The second-order valence-corrected chi connectivity index (χ2v) is 6.60. The maximum Gasteiger partial charge on any atom is 0.327 e. The molecule has 0 saturated carbocycles. The van der Waals surface area contributed by atoms with E-state index in [-0.39, 0.29) is 17.5 Å². The van der Waals surface area contributed by atoms with Gasteiger partial charge in [-0.2, -0.15) is 0 Å². The van der Waals surface area contributed by atoms with Crippen LogP contribution in [0.5, 0.6) is 0 Å². The number of anilines is 1. The van der Waals surface area contributed by atoms with Crippen LogP contribution in [0.25, 0.3) is 0 Å². The van der Waals surface area contributed by atoms with Crippen LogP contribution in [-0.2, 0) is 16.0 Å². The molecule has 0 spiro atoms. The summed E-state index contributed by atoms with van der Waals surface area (Å²) in [6, 6.07) is 11.1. The maximum absolute atomic E-state index is 13.2. The van der Waals surface area contributed by atoms with Crippen LogP contribution in [0.4, 0.5) is 5.69 Å². The number of hydrogen-bond acceptors (Lipinski definition) is 4. The molecular weight excluding hydrogens is 348 g/mol. The Kier molecular flexibility index (Phi) is 3.80. The van der Waals surface area contributed by atoms with E-state index in [9.17, 15) is 24.3 Å². The molecule has 2 unspecified atom stereocenters. The standard InChI is InChI=1S/C20H16N2O5/c1-11(21-18(24)13-7-3-4-8-14(13)19(21)25)17(23)22-15-9-5-2-6-12(15)10-16(22)20(26)27/h2-9,11,16H,10H2,1H3,(H,26,27). The van der Waals surface area contributed by atoms with E-state index in [2.05, 4.69) is 0 Å². The summed E-state index contributed by atoms with van der Waals surface area (Å²) in [7, 11) is 0. The van der Waals surface area contributed by atoms with Crippen LogP contribution < -0.4 is 4.90 Å². The van der Waals surface area contributed by atoms with Gasteiger partial charge in [0.25, 0.3) is 17.7 Å². The Morgan fingerprint density at radius 3 is 2.15 bits per heavy atom. The van der Waals surface area contributed by atoms with Crippen LogP contribution in [0, 0.1) is 0 Å². The van der Waals surface area contributed by atoms with E-state index in [0.29, 0.717) is 5.69 Å². The molecule has 2 aliphatic heterocycles. The molecule has 7 nitrogen and oxygen atoms in total. The Hall–Kier alpha value is -3.48. The number of imide groups is 1. The zero-order valence-corrected chi connectivity index (χ0v) is 14.5. The van der Waals surface area contributed by atoms with Gasteiger partial charge in [-0.25, -0.2) is 4.79 Å². The molecule has 4 rings (SSSR count). The molecule has 0 aliphatic carbocycles. The molecule has 3 amide bonds. The minimum absolute atomic E-state index is 0.187. The normalized spacial score (nSPS) is 19.1. The van der Waals surface area contributed by atoms with Crippen molar-refractivity contribution in [1.82, 2.24) is 4.90 Å². The number of hydrogen-bond donors (Lipinski definition) is 1. The molecule has 0 radical (unpaired) electrons. The van der Waals surface area contributed by atoms with Crippen molar-refractivity contribution >= 4 is 29.4 Å². The van der Waals surface area contributed by atoms with Gasteiger partial charge in [-0.3, -0.25) is 24.2 Å². The Morgan fingerprint density at radius 1 is 1.00 bits per heavy atom. The molecular formula is C20H16N2O5. The van der Waals surface area contributed by atoms with Crippen LogP contribution in [0.2, 0.25) is 0 Å². The molecule has 136 valence electrons. The first kappa shape index (κ1) is 17.0. The van der Waals surface area contributed by atoms with E-state index in [1.165, 1.54) is 24.0 Å². The minimum Gasteiger partial charge on any atom is -0.480 e. The van der Waals surface area contributed by atoms with E-state index in [4.69, 9.17) is 0 Å². The van der Waals surface area contributed by atoms with E-state index in [0.717, 1.165) is 10.5 Å². The molecule has 2 aromatic carbocycles. The van der Waals surface area contributed by atoms with E-state index in [1.54, 1.807) is 36.4 Å². The van der Waals surface area contributed by atoms with Crippen molar-refractivity contribution in [3.8, 4) is 0 Å². The molecule has 2 aliphatic rings. The summed E-state index contributed by atoms with van der Waals surface area (Å²) in [5.74, 6) is -2.82. The SMILES string of the molecule is CC(C(=O)N1c2ccccc2CC1C(=O)O)N1C(=O)c2ccccc2C1=O. The Bertz CT molecular complexity index is 964. The van der Waals surface area contributed by atoms with Gasteiger partial charge in [0, 0.05) is 12.1 Å². The number of carbonyl (C=O) groups excluding carboxylic acids is 3. The lowest BCUT2D eigenvalue weighted by Crippen LogP contribution is -2.53. The average Bonchev–Trinajstić information content (AvgIpc) is 3.17. The van der Waals surface area contributed by atoms with E-state index >= 15 is 0 Å². The zero-order chi connectivity index (χ0) is 19.3. The van der Waals surface area contributed by atoms with Crippen molar-refractivity contribution in [2.45, 2.75) is 25.4 Å². The maximum atomic E-state index is 13.2. The van der Waals surface area contributed by atoms with Crippen molar-refractivity contribution in [3.63, 3.8) is 0 Å². The smallest absolute Gasteiger partial charge is 0.327 e. The Morgan fingerprint density at radius 2 is 1.56 bits per heavy atom. The number of amides is 3. The van der Waals surface area contributed by atoms with Crippen LogP contribution in [-0.4, -0.2) is 45.8 Å². The lowest BCUT2D eigenvalue weighted by atomic mass is 10.1. The van der Waals surface area contributed by atoms with Crippen molar-refractivity contribution in [2.24, 2.45) is 0 Å². The van der Waals surface area contributed by atoms with Gasteiger partial charge in [0.1, 0.15) is 12.1 Å². The third-order valence-electron chi connectivity index (χ3n) is 5.07. The highest BCUT2D eigenvalue weighted by Gasteiger charge is 2.46.